The van der Waals surface area contributed by atoms with Gasteiger partial charge < -0.3 is 10.2 Å². The zero-order chi connectivity index (χ0) is 7.94. The third-order valence-corrected chi connectivity index (χ3v) is 3.28. The van der Waals surface area contributed by atoms with Crippen LogP contribution in [0.25, 0.3) is 0 Å². The van der Waals surface area contributed by atoms with E-state index in [1.165, 1.54) is 31.1 Å². The van der Waals surface area contributed by atoms with Crippen molar-refractivity contribution in [1.82, 2.24) is 10.2 Å². The van der Waals surface area contributed by atoms with Gasteiger partial charge in [0.1, 0.15) is 0 Å². The van der Waals surface area contributed by atoms with Crippen molar-refractivity contribution in [2.45, 2.75) is 0 Å². The molecule has 1 aliphatic rings. The van der Waals surface area contributed by atoms with Crippen LogP contribution in [0, 0.1) is 0 Å². The van der Waals surface area contributed by atoms with Gasteiger partial charge in [-0.05, 0) is 0 Å². The van der Waals surface area contributed by atoms with Crippen molar-refractivity contribution in [1.29, 1.82) is 0 Å². The Morgan fingerprint density at radius 1 is 1.36 bits per heavy atom. The van der Waals surface area contributed by atoms with Crippen molar-refractivity contribution in [2.24, 2.45) is 0 Å². The highest BCUT2D eigenvalue weighted by Crippen LogP contribution is 2.07. The maximum Gasteiger partial charge on any atom is 0.0480 e. The van der Waals surface area contributed by atoms with E-state index in [1.807, 2.05) is 0 Å². The smallest absolute Gasteiger partial charge is 0.0480 e. The highest BCUT2D eigenvalue weighted by Gasteiger charge is 2.08. The lowest BCUT2D eigenvalue weighted by Gasteiger charge is -2.25. The van der Waals surface area contributed by atoms with Crippen LogP contribution in [0.15, 0.2) is 0 Å². The van der Waals surface area contributed by atoms with Crippen LogP contribution in [0.5, 0.6) is 0 Å². The lowest BCUT2D eigenvalue weighted by Crippen LogP contribution is -2.37. The number of halogens is 1. The van der Waals surface area contributed by atoms with Crippen molar-refractivity contribution in [2.75, 3.05) is 42.2 Å². The Morgan fingerprint density at radius 2 is 2.09 bits per heavy atom. The number of nitrogens with one attached hydrogen (secondary N) is 1. The second-order valence-corrected chi connectivity index (χ2v) is 4.58. The molecule has 2 nitrogen and oxygen atoms in total. The second kappa shape index (κ2) is 6.51. The van der Waals surface area contributed by atoms with Gasteiger partial charge in [0, 0.05) is 42.2 Å². The maximum atomic E-state index is 3.33. The Morgan fingerprint density at radius 3 is 2.73 bits per heavy atom. The van der Waals surface area contributed by atoms with E-state index < -0.39 is 0 Å². The summed E-state index contributed by atoms with van der Waals surface area (Å²) in [5.74, 6) is 2.65. The van der Waals surface area contributed by atoms with E-state index in [4.69, 9.17) is 0 Å². The second-order valence-electron chi connectivity index (χ2n) is 2.59. The number of hydrogen-bond acceptors (Lipinski definition) is 3. The van der Waals surface area contributed by atoms with Gasteiger partial charge in [-0.15, -0.1) is 0 Å². The van der Waals surface area contributed by atoms with E-state index in [0.29, 0.717) is 0 Å². The molecule has 1 saturated heterocycles. The molecule has 11 heavy (non-hydrogen) atoms. The summed E-state index contributed by atoms with van der Waals surface area (Å²) in [6, 6.07) is 0. The van der Waals surface area contributed by atoms with Gasteiger partial charge in [0.15, 0.2) is 0 Å². The maximum absolute atomic E-state index is 3.33. The number of rotatable bonds is 4. The third-order valence-electron chi connectivity index (χ3n) is 1.80. The fourth-order valence-corrected chi connectivity index (χ4v) is 2.49. The third kappa shape index (κ3) is 4.55. The molecular formula is C7H15IN2S. The topological polar surface area (TPSA) is 15.3 Å². The minimum atomic E-state index is 1.07. The lowest BCUT2D eigenvalue weighted by molar-refractivity contribution is 0.304. The Labute approximate surface area is 86.6 Å². The van der Waals surface area contributed by atoms with E-state index in [1.54, 1.807) is 0 Å². The largest absolute Gasteiger partial charge is 0.307 e. The zero-order valence-corrected chi connectivity index (χ0v) is 9.66. The van der Waals surface area contributed by atoms with Crippen LogP contribution in [0.1, 0.15) is 0 Å². The molecule has 0 radical (unpaired) electrons. The molecule has 0 aromatic carbocycles. The first-order valence-electron chi connectivity index (χ1n) is 4.00. The van der Waals surface area contributed by atoms with Crippen molar-refractivity contribution in [3.8, 4) is 0 Å². The molecule has 0 atom stereocenters. The van der Waals surface area contributed by atoms with E-state index in [2.05, 4.69) is 44.6 Å². The fraction of sp³-hybridized carbons (Fsp3) is 1.00. The van der Waals surface area contributed by atoms with Gasteiger partial charge in [-0.1, -0.05) is 22.6 Å². The Kier molecular flexibility index (Phi) is 5.97. The number of thioether (sulfide) groups is 1. The van der Waals surface area contributed by atoms with Crippen molar-refractivity contribution >= 4 is 34.4 Å². The summed E-state index contributed by atoms with van der Waals surface area (Å²) >= 11 is 4.42. The molecule has 1 rings (SSSR count). The molecule has 0 amide bonds. The molecule has 1 heterocycles. The summed E-state index contributed by atoms with van der Waals surface area (Å²) in [4.78, 5) is 2.54. The highest BCUT2D eigenvalue weighted by molar-refractivity contribution is 14.1. The zero-order valence-electron chi connectivity index (χ0n) is 6.68. The van der Waals surface area contributed by atoms with E-state index >= 15 is 0 Å². The van der Waals surface area contributed by atoms with Crippen molar-refractivity contribution in [3.05, 3.63) is 0 Å². The van der Waals surface area contributed by atoms with Crippen LogP contribution < -0.4 is 5.32 Å². The quantitative estimate of drug-likeness (QED) is 0.359. The van der Waals surface area contributed by atoms with Gasteiger partial charge >= 0.3 is 0 Å². The van der Waals surface area contributed by atoms with Crippen LogP contribution in [0.3, 0.4) is 0 Å². The van der Waals surface area contributed by atoms with Crippen LogP contribution in [0.2, 0.25) is 0 Å². The molecule has 0 aliphatic carbocycles. The van der Waals surface area contributed by atoms with Gasteiger partial charge in [-0.25, -0.2) is 0 Å². The molecule has 0 spiro atoms. The highest BCUT2D eigenvalue weighted by atomic mass is 127. The normalized spacial score (nSPS) is 20.5. The van der Waals surface area contributed by atoms with E-state index in [0.717, 1.165) is 11.1 Å². The van der Waals surface area contributed by atoms with Crippen molar-refractivity contribution in [3.63, 3.8) is 0 Å². The first kappa shape index (κ1) is 10.1. The Hall–Kier alpha value is 1.000. The monoisotopic (exact) mass is 286 g/mol. The molecule has 1 aliphatic heterocycles. The van der Waals surface area contributed by atoms with Gasteiger partial charge in [0.25, 0.3) is 0 Å². The van der Waals surface area contributed by atoms with Gasteiger partial charge in [-0.2, -0.15) is 11.8 Å². The fourth-order valence-electron chi connectivity index (χ4n) is 1.13. The van der Waals surface area contributed by atoms with Gasteiger partial charge in [-0.3, -0.25) is 0 Å². The molecule has 66 valence electrons. The molecule has 0 bridgehead atoms. The Balaban J connectivity index is 1.96. The molecule has 0 aromatic rings. The summed E-state index contributed by atoms with van der Waals surface area (Å²) in [5, 5.41) is 3.33. The lowest BCUT2D eigenvalue weighted by atomic mass is 10.4. The van der Waals surface area contributed by atoms with Crippen LogP contribution in [0.4, 0.5) is 0 Å². The molecule has 0 aromatic heterocycles. The van der Waals surface area contributed by atoms with Crippen LogP contribution in [-0.2, 0) is 0 Å². The van der Waals surface area contributed by atoms with Gasteiger partial charge in [0.2, 0.25) is 0 Å². The minimum Gasteiger partial charge on any atom is -0.307 e. The van der Waals surface area contributed by atoms with Crippen LogP contribution >= 0.6 is 34.4 Å². The SMILES string of the molecule is ICNCCN1CCSCC1. The van der Waals surface area contributed by atoms with Gasteiger partial charge in [0.05, 0.1) is 0 Å². The summed E-state index contributed by atoms with van der Waals surface area (Å²) in [7, 11) is 0. The number of hydrogen-bond donors (Lipinski definition) is 1. The number of alkyl halides is 1. The number of nitrogens with zero attached hydrogens (tertiary/aromatic N) is 1. The summed E-state index contributed by atoms with van der Waals surface area (Å²) in [6.07, 6.45) is 0. The van der Waals surface area contributed by atoms with E-state index in [9.17, 15) is 0 Å². The average molecular weight is 286 g/mol. The summed E-state index contributed by atoms with van der Waals surface area (Å²) < 4.78 is 1.07. The first-order valence-corrected chi connectivity index (χ1v) is 6.68. The molecule has 1 fully saturated rings. The standard InChI is InChI=1S/C7H15IN2S/c8-7-9-1-2-10-3-5-11-6-4-10/h9H,1-7H2. The average Bonchev–Trinajstić information content (AvgIpc) is 2.07. The Bertz CT molecular complexity index is 96.4. The molecule has 1 N–H and O–H groups in total. The summed E-state index contributed by atoms with van der Waals surface area (Å²) in [6.45, 7) is 4.94. The molecular weight excluding hydrogens is 271 g/mol. The minimum absolute atomic E-state index is 1.07. The molecule has 4 heteroatoms. The van der Waals surface area contributed by atoms with Crippen molar-refractivity contribution < 1.29 is 0 Å². The van der Waals surface area contributed by atoms with Crippen LogP contribution in [-0.4, -0.2) is 47.1 Å². The summed E-state index contributed by atoms with van der Waals surface area (Å²) in [5.41, 5.74) is 0. The predicted molar refractivity (Wildman–Crippen MR) is 60.7 cm³/mol. The first-order chi connectivity index (χ1) is 5.43. The van der Waals surface area contributed by atoms with E-state index in [-0.39, 0.29) is 0 Å². The molecule has 0 saturated carbocycles. The molecule has 0 unspecified atom stereocenters. The predicted octanol–water partition coefficient (Wildman–Crippen LogP) is 1.02.